The van der Waals surface area contributed by atoms with Gasteiger partial charge in [0.25, 0.3) is 0 Å². The molecule has 0 spiro atoms. The van der Waals surface area contributed by atoms with Crippen molar-refractivity contribution in [3.05, 3.63) is 142 Å². The number of hydrogen-bond acceptors (Lipinski definition) is 0. The molecule has 0 unspecified atom stereocenters. The Kier molecular flexibility index (Phi) is 12.3. The molecule has 4 aliphatic carbocycles. The van der Waals surface area contributed by atoms with Gasteiger partial charge in [-0.25, -0.2) is 0 Å². The van der Waals surface area contributed by atoms with Crippen molar-refractivity contribution in [2.75, 3.05) is 0 Å². The van der Waals surface area contributed by atoms with Gasteiger partial charge in [0, 0.05) is 10.0 Å². The van der Waals surface area contributed by atoms with Crippen LogP contribution in [0, 0.1) is 26.0 Å². The molecule has 0 nitrogen and oxygen atoms in total. The first-order chi connectivity index (χ1) is 20.1. The molecule has 0 amide bonds. The number of benzene rings is 2. The molecule has 212 valence electrons. The second kappa shape index (κ2) is 15.7. The van der Waals surface area contributed by atoms with E-state index in [1.165, 1.54) is 44.5 Å². The van der Waals surface area contributed by atoms with Crippen LogP contribution < -0.4 is 0 Å². The molecule has 0 bridgehead atoms. The number of aryl methyl sites for hydroxylation is 2. The van der Waals surface area contributed by atoms with Gasteiger partial charge < -0.3 is 0 Å². The molecule has 0 atom stereocenters. The van der Waals surface area contributed by atoms with E-state index in [0.29, 0.717) is 0 Å². The summed E-state index contributed by atoms with van der Waals surface area (Å²) in [7, 11) is 11.2. The van der Waals surface area contributed by atoms with Crippen LogP contribution in [0.5, 0.6) is 0 Å². The fraction of sp³-hybridized carbons (Fsp3) is 0.111. The maximum Gasteiger partial charge on any atom is 0.0406 e. The number of rotatable bonds is 2. The Bertz CT molecular complexity index is 1610. The van der Waals surface area contributed by atoms with Crippen LogP contribution in [0.1, 0.15) is 11.1 Å². The standard InChI is InChI=1S/2C17H12Cl.C2H6Si.2ClH.Zr/c2*1-12-10-14-4-2-3-5-16(17(14)11-12)13-6-8-15(18)9-7-13;1-3-2;;;/h2*2-9,11H,1H3;1-2H3;2*1H;/q2*-1;;;;+2/p-2. The van der Waals surface area contributed by atoms with Crippen molar-refractivity contribution in [1.82, 2.24) is 0 Å². The average Bonchev–Trinajstić information content (AvgIpc) is 3.37. The normalized spacial score (nSPS) is 10.4. The monoisotopic (exact) mass is 720 g/mol. The quantitative estimate of drug-likeness (QED) is 0.123. The van der Waals surface area contributed by atoms with Crippen molar-refractivity contribution in [3.8, 4) is 44.5 Å². The van der Waals surface area contributed by atoms with E-state index >= 15 is 0 Å². The van der Waals surface area contributed by atoms with Gasteiger partial charge in [-0.15, -0.1) is 58.7 Å². The van der Waals surface area contributed by atoms with E-state index in [1.54, 1.807) is 0 Å². The molecule has 0 aliphatic heterocycles. The van der Waals surface area contributed by atoms with Crippen LogP contribution in [0.2, 0.25) is 23.1 Å². The van der Waals surface area contributed by atoms with Crippen LogP contribution in [-0.2, 0) is 18.0 Å². The Morgan fingerprint density at radius 2 is 0.857 bits per heavy atom. The Balaban J connectivity index is 0.000000162. The van der Waals surface area contributed by atoms with Crippen LogP contribution in [0.4, 0.5) is 0 Å². The summed E-state index contributed by atoms with van der Waals surface area (Å²) in [6, 6.07) is 43.7. The van der Waals surface area contributed by atoms with Gasteiger partial charge in [0.1, 0.15) is 0 Å². The van der Waals surface area contributed by atoms with E-state index in [4.69, 9.17) is 40.2 Å². The van der Waals surface area contributed by atoms with Crippen molar-refractivity contribution in [2.24, 2.45) is 0 Å². The third-order valence-electron chi connectivity index (χ3n) is 6.51. The van der Waals surface area contributed by atoms with E-state index in [2.05, 4.69) is 124 Å². The van der Waals surface area contributed by atoms with Crippen molar-refractivity contribution in [1.29, 1.82) is 0 Å². The molecular formula is C36H30Cl4SiZr-2. The van der Waals surface area contributed by atoms with Crippen LogP contribution in [0.25, 0.3) is 44.5 Å². The zero-order valence-corrected chi connectivity index (χ0v) is 30.4. The van der Waals surface area contributed by atoms with Gasteiger partial charge in [-0.2, -0.15) is 23.3 Å². The molecular weight excluding hydrogens is 694 g/mol. The first-order valence-electron chi connectivity index (χ1n) is 13.5. The molecule has 42 heavy (non-hydrogen) atoms. The van der Waals surface area contributed by atoms with E-state index in [1.807, 2.05) is 24.3 Å². The molecule has 0 fully saturated rings. The first kappa shape index (κ1) is 33.0. The summed E-state index contributed by atoms with van der Waals surface area (Å²) in [5.41, 5.74) is 11.7. The molecule has 0 saturated carbocycles. The minimum atomic E-state index is -1.65. The van der Waals surface area contributed by atoms with E-state index < -0.39 is 18.0 Å². The topological polar surface area (TPSA) is 0 Å². The van der Waals surface area contributed by atoms with Gasteiger partial charge in [0.05, 0.1) is 0 Å². The average molecular weight is 724 g/mol. The largest absolute Gasteiger partial charge is 0.165 e. The molecule has 2 aromatic rings. The number of hydrogen-bond donors (Lipinski definition) is 0. The summed E-state index contributed by atoms with van der Waals surface area (Å²) in [6.07, 6.45) is 0. The van der Waals surface area contributed by atoms with Gasteiger partial charge in [0.2, 0.25) is 0 Å². The Hall–Kier alpha value is -1.90. The number of fused-ring (bicyclic) bond motifs is 2. The van der Waals surface area contributed by atoms with Crippen LogP contribution >= 0.6 is 40.2 Å². The van der Waals surface area contributed by atoms with Gasteiger partial charge >= 0.3 is 53.5 Å². The molecule has 0 aromatic heterocycles. The Morgan fingerprint density at radius 1 is 0.524 bits per heavy atom. The predicted molar refractivity (Wildman–Crippen MR) is 183 cm³/mol. The third-order valence-corrected chi connectivity index (χ3v) is 26.8. The maximum absolute atomic E-state index is 5.94. The van der Waals surface area contributed by atoms with Crippen molar-refractivity contribution in [2.45, 2.75) is 26.9 Å². The van der Waals surface area contributed by atoms with Crippen LogP contribution in [0.3, 0.4) is 0 Å². The van der Waals surface area contributed by atoms with Gasteiger partial charge in [-0.05, 0) is 35.4 Å². The summed E-state index contributed by atoms with van der Waals surface area (Å²) in [4.78, 5) is 0. The fourth-order valence-electron chi connectivity index (χ4n) is 4.48. The summed E-state index contributed by atoms with van der Waals surface area (Å²) < 4.78 is 0. The van der Waals surface area contributed by atoms with E-state index in [9.17, 15) is 0 Å². The molecule has 2 aromatic carbocycles. The van der Waals surface area contributed by atoms with Crippen molar-refractivity contribution in [3.63, 3.8) is 0 Å². The first-order valence-corrected chi connectivity index (χ1v) is 26.7. The smallest absolute Gasteiger partial charge is 0.0406 e. The third kappa shape index (κ3) is 9.06. The predicted octanol–water partition coefficient (Wildman–Crippen LogP) is 12.6. The SMILES string of the molecule is C[Si](C)=[Zr]([Cl])[Cl].Cc1[c-]c2ccccc(-c3ccc(Cl)cc3)c-2c1.Cc1[c-]c2ccccc(-c3ccc(Cl)cc3)c-2c1. The molecule has 0 heterocycles. The second-order valence-electron chi connectivity index (χ2n) is 10.1. The summed E-state index contributed by atoms with van der Waals surface area (Å²) in [6.45, 7) is 8.48. The molecule has 0 saturated heterocycles. The fourth-order valence-corrected chi connectivity index (χ4v) is 4.73. The minimum absolute atomic E-state index is 0.224. The maximum atomic E-state index is 5.94. The Morgan fingerprint density at radius 3 is 1.19 bits per heavy atom. The van der Waals surface area contributed by atoms with E-state index in [-0.39, 0.29) is 5.43 Å². The molecule has 6 rings (SSSR count). The zero-order chi connectivity index (χ0) is 30.2. The molecule has 0 radical (unpaired) electrons. The van der Waals surface area contributed by atoms with E-state index in [0.717, 1.165) is 21.2 Å². The molecule has 6 heteroatoms. The summed E-state index contributed by atoms with van der Waals surface area (Å²) in [5, 5.41) is 1.53. The van der Waals surface area contributed by atoms with Crippen LogP contribution in [-0.4, -0.2) is 5.43 Å². The van der Waals surface area contributed by atoms with Gasteiger partial charge in [0.15, 0.2) is 0 Å². The summed E-state index contributed by atoms with van der Waals surface area (Å²) >= 11 is 10.2. The molecule has 0 N–H and O–H groups in total. The minimum Gasteiger partial charge on any atom is -0.165 e. The van der Waals surface area contributed by atoms with Crippen LogP contribution in [0.15, 0.2) is 109 Å². The van der Waals surface area contributed by atoms with Crippen molar-refractivity contribution < 1.29 is 18.0 Å². The Labute approximate surface area is 275 Å². The number of halogens is 4. The van der Waals surface area contributed by atoms with Crippen molar-refractivity contribution >= 4 is 45.7 Å². The second-order valence-corrected chi connectivity index (χ2v) is 33.9. The van der Waals surface area contributed by atoms with Gasteiger partial charge in [-0.3, -0.25) is 0 Å². The molecule has 4 aliphatic rings. The van der Waals surface area contributed by atoms with Gasteiger partial charge in [-0.1, -0.05) is 96.7 Å². The summed E-state index contributed by atoms with van der Waals surface area (Å²) in [5.74, 6) is 0. The zero-order valence-electron chi connectivity index (χ0n) is 23.9.